The zero-order valence-electron chi connectivity index (χ0n) is 7.61. The molecular weight excluding hydrogens is 156 g/mol. The van der Waals surface area contributed by atoms with Crippen molar-refractivity contribution in [2.45, 2.75) is 44.4 Å². The van der Waals surface area contributed by atoms with Crippen molar-refractivity contribution in [1.82, 2.24) is 0 Å². The van der Waals surface area contributed by atoms with E-state index in [9.17, 15) is 5.11 Å². The summed E-state index contributed by atoms with van der Waals surface area (Å²) in [6, 6.07) is -0.403. The maximum Gasteiger partial charge on any atom is 0.0691 e. The van der Waals surface area contributed by atoms with Crippen LogP contribution < -0.4 is 11.5 Å². The number of rotatable bonds is 6. The Kier molecular flexibility index (Phi) is 6.28. The molecule has 0 aliphatic carbocycles. The molecule has 0 radical (unpaired) electrons. The molecule has 74 valence electrons. The molecule has 0 saturated carbocycles. The molecule has 0 fully saturated rings. The quantitative estimate of drug-likeness (QED) is 0.425. The zero-order chi connectivity index (χ0) is 9.56. The first-order valence-electron chi connectivity index (χ1n) is 4.41. The Bertz CT molecular complexity index is 111. The second kappa shape index (κ2) is 6.37. The third-order valence-electron chi connectivity index (χ3n) is 2.03. The summed E-state index contributed by atoms with van der Waals surface area (Å²) < 4.78 is 0. The van der Waals surface area contributed by atoms with Crippen molar-refractivity contribution < 1.29 is 10.2 Å². The van der Waals surface area contributed by atoms with E-state index in [0.29, 0.717) is 12.8 Å². The van der Waals surface area contributed by atoms with Crippen LogP contribution in [0.25, 0.3) is 0 Å². The lowest BCUT2D eigenvalue weighted by molar-refractivity contribution is 0.124. The molecule has 12 heavy (non-hydrogen) atoms. The number of aliphatic hydroxyl groups excluding tert-OH is 2. The van der Waals surface area contributed by atoms with Crippen molar-refractivity contribution in [3.8, 4) is 0 Å². The Balaban J connectivity index is 3.49. The first kappa shape index (κ1) is 11.8. The van der Waals surface area contributed by atoms with E-state index in [1.54, 1.807) is 0 Å². The van der Waals surface area contributed by atoms with Gasteiger partial charge in [-0.25, -0.2) is 0 Å². The lowest BCUT2D eigenvalue weighted by Crippen LogP contribution is -2.35. The molecule has 4 nitrogen and oxygen atoms in total. The van der Waals surface area contributed by atoms with Gasteiger partial charge in [0, 0.05) is 12.1 Å². The predicted octanol–water partition coefficient (Wildman–Crippen LogP) is -0.816. The SMILES string of the molecule is CCC(N)C(O)CCC(N)CO. The zero-order valence-corrected chi connectivity index (χ0v) is 7.61. The third-order valence-corrected chi connectivity index (χ3v) is 2.03. The van der Waals surface area contributed by atoms with Crippen LogP contribution in [0.1, 0.15) is 26.2 Å². The van der Waals surface area contributed by atoms with Gasteiger partial charge in [0.2, 0.25) is 0 Å². The molecule has 0 bridgehead atoms. The van der Waals surface area contributed by atoms with E-state index in [-0.39, 0.29) is 18.7 Å². The van der Waals surface area contributed by atoms with Crippen LogP contribution in [0.15, 0.2) is 0 Å². The lowest BCUT2D eigenvalue weighted by atomic mass is 10.0. The summed E-state index contributed by atoms with van der Waals surface area (Å²) in [5.74, 6) is 0. The van der Waals surface area contributed by atoms with Gasteiger partial charge >= 0.3 is 0 Å². The van der Waals surface area contributed by atoms with Crippen molar-refractivity contribution in [1.29, 1.82) is 0 Å². The molecule has 0 aromatic heterocycles. The summed E-state index contributed by atoms with van der Waals surface area (Å²) in [6.45, 7) is 1.90. The molecule has 6 N–H and O–H groups in total. The summed E-state index contributed by atoms with van der Waals surface area (Å²) in [6.07, 6.45) is 1.45. The van der Waals surface area contributed by atoms with Crippen LogP contribution in [0.2, 0.25) is 0 Å². The van der Waals surface area contributed by atoms with Gasteiger partial charge in [0.15, 0.2) is 0 Å². The second-order valence-corrected chi connectivity index (χ2v) is 3.16. The first-order valence-corrected chi connectivity index (χ1v) is 4.41. The Morgan fingerprint density at radius 2 is 1.83 bits per heavy atom. The molecule has 0 rings (SSSR count). The van der Waals surface area contributed by atoms with Crippen LogP contribution in [0.5, 0.6) is 0 Å². The standard InChI is InChI=1S/C8H20N2O2/c1-2-7(10)8(12)4-3-6(9)5-11/h6-8,11-12H,2-5,9-10H2,1H3. The fourth-order valence-corrected chi connectivity index (χ4v) is 0.962. The van der Waals surface area contributed by atoms with E-state index in [0.717, 1.165) is 6.42 Å². The summed E-state index contributed by atoms with van der Waals surface area (Å²) in [5, 5.41) is 18.0. The van der Waals surface area contributed by atoms with Crippen LogP contribution in [-0.2, 0) is 0 Å². The normalized spacial score (nSPS) is 18.8. The van der Waals surface area contributed by atoms with Gasteiger partial charge in [0.25, 0.3) is 0 Å². The largest absolute Gasteiger partial charge is 0.395 e. The van der Waals surface area contributed by atoms with Crippen molar-refractivity contribution >= 4 is 0 Å². The summed E-state index contributed by atoms with van der Waals surface area (Å²) in [4.78, 5) is 0. The Morgan fingerprint density at radius 1 is 1.25 bits per heavy atom. The Labute approximate surface area is 73.6 Å². The molecule has 0 heterocycles. The van der Waals surface area contributed by atoms with Crippen molar-refractivity contribution in [2.24, 2.45) is 11.5 Å². The number of aliphatic hydroxyl groups is 2. The topological polar surface area (TPSA) is 92.5 Å². The van der Waals surface area contributed by atoms with Crippen LogP contribution in [-0.4, -0.2) is 35.0 Å². The fraction of sp³-hybridized carbons (Fsp3) is 1.00. The minimum Gasteiger partial charge on any atom is -0.395 e. The van der Waals surface area contributed by atoms with Gasteiger partial charge in [-0.15, -0.1) is 0 Å². The van der Waals surface area contributed by atoms with E-state index in [1.807, 2.05) is 6.92 Å². The summed E-state index contributed by atoms with van der Waals surface area (Å²) >= 11 is 0. The molecule has 0 aromatic carbocycles. The Hall–Kier alpha value is -0.160. The molecule has 3 unspecified atom stereocenters. The minimum atomic E-state index is -0.493. The Morgan fingerprint density at radius 3 is 2.25 bits per heavy atom. The van der Waals surface area contributed by atoms with E-state index >= 15 is 0 Å². The average Bonchev–Trinajstić information content (AvgIpc) is 2.11. The highest BCUT2D eigenvalue weighted by Gasteiger charge is 2.13. The van der Waals surface area contributed by atoms with Gasteiger partial charge < -0.3 is 21.7 Å². The molecule has 3 atom stereocenters. The van der Waals surface area contributed by atoms with Gasteiger partial charge in [-0.2, -0.15) is 0 Å². The van der Waals surface area contributed by atoms with Crippen LogP contribution in [0.4, 0.5) is 0 Å². The monoisotopic (exact) mass is 176 g/mol. The molecule has 0 amide bonds. The van der Waals surface area contributed by atoms with Crippen LogP contribution in [0, 0.1) is 0 Å². The van der Waals surface area contributed by atoms with Gasteiger partial charge in [0.1, 0.15) is 0 Å². The smallest absolute Gasteiger partial charge is 0.0691 e. The van der Waals surface area contributed by atoms with Gasteiger partial charge in [-0.05, 0) is 19.3 Å². The second-order valence-electron chi connectivity index (χ2n) is 3.16. The molecule has 0 aliphatic rings. The van der Waals surface area contributed by atoms with Crippen molar-refractivity contribution in [3.05, 3.63) is 0 Å². The predicted molar refractivity (Wildman–Crippen MR) is 48.6 cm³/mol. The molecule has 0 spiro atoms. The molecule has 0 aliphatic heterocycles. The number of hydrogen-bond donors (Lipinski definition) is 4. The van der Waals surface area contributed by atoms with Gasteiger partial charge in [-0.1, -0.05) is 6.92 Å². The van der Waals surface area contributed by atoms with Crippen molar-refractivity contribution in [3.63, 3.8) is 0 Å². The molecule has 0 aromatic rings. The van der Waals surface area contributed by atoms with E-state index < -0.39 is 6.10 Å². The maximum atomic E-state index is 9.40. The maximum absolute atomic E-state index is 9.40. The third kappa shape index (κ3) is 4.66. The van der Waals surface area contributed by atoms with Gasteiger partial charge in [0.05, 0.1) is 12.7 Å². The van der Waals surface area contributed by atoms with Gasteiger partial charge in [-0.3, -0.25) is 0 Å². The summed E-state index contributed by atoms with van der Waals surface area (Å²) in [7, 11) is 0. The molecule has 4 heteroatoms. The lowest BCUT2D eigenvalue weighted by Gasteiger charge is -2.18. The first-order chi connectivity index (χ1) is 5.61. The minimum absolute atomic E-state index is 0.0336. The van der Waals surface area contributed by atoms with Crippen LogP contribution in [0.3, 0.4) is 0 Å². The van der Waals surface area contributed by atoms with E-state index in [1.165, 1.54) is 0 Å². The highest BCUT2D eigenvalue weighted by Crippen LogP contribution is 2.04. The number of hydrogen-bond acceptors (Lipinski definition) is 4. The van der Waals surface area contributed by atoms with E-state index in [4.69, 9.17) is 16.6 Å². The highest BCUT2D eigenvalue weighted by molar-refractivity contribution is 4.72. The van der Waals surface area contributed by atoms with Crippen LogP contribution >= 0.6 is 0 Å². The average molecular weight is 176 g/mol. The summed E-state index contributed by atoms with van der Waals surface area (Å²) in [5.41, 5.74) is 11.1. The van der Waals surface area contributed by atoms with Crippen molar-refractivity contribution in [2.75, 3.05) is 6.61 Å². The number of nitrogens with two attached hydrogens (primary N) is 2. The molecule has 0 saturated heterocycles. The van der Waals surface area contributed by atoms with E-state index in [2.05, 4.69) is 0 Å². The highest BCUT2D eigenvalue weighted by atomic mass is 16.3. The fourth-order valence-electron chi connectivity index (χ4n) is 0.962. The molecular formula is C8H20N2O2.